The zero-order valence-electron chi connectivity index (χ0n) is 45.2. The number of hydrogen-bond donors (Lipinski definition) is 4. The van der Waals surface area contributed by atoms with Crippen LogP contribution in [0.3, 0.4) is 0 Å². The number of halogens is 5. The molecule has 8 N–H and O–H groups in total. The van der Waals surface area contributed by atoms with Crippen LogP contribution in [0.1, 0.15) is 185 Å². The molecule has 0 aliphatic carbocycles. The maximum atomic E-state index is 13.2. The first-order chi connectivity index (χ1) is 31.9. The molecule has 0 heterocycles. The van der Waals surface area contributed by atoms with E-state index in [1.165, 1.54) is 51.9 Å². The van der Waals surface area contributed by atoms with Gasteiger partial charge in [-0.2, -0.15) is 0 Å². The molecule has 4 rings (SSSR count). The fourth-order valence-corrected chi connectivity index (χ4v) is 8.46. The number of benzene rings is 4. The van der Waals surface area contributed by atoms with Gasteiger partial charge in [0.05, 0.1) is 0 Å². The Morgan fingerprint density at radius 1 is 0.493 bits per heavy atom. The summed E-state index contributed by atoms with van der Waals surface area (Å²) in [6, 6.07) is 22.8. The first-order valence-electron chi connectivity index (χ1n) is 25.2. The maximum absolute atomic E-state index is 13.2. The van der Waals surface area contributed by atoms with E-state index in [0.717, 1.165) is 92.6 Å². The Morgan fingerprint density at radius 2 is 0.870 bits per heavy atom. The van der Waals surface area contributed by atoms with E-state index in [9.17, 15) is 17.6 Å². The lowest BCUT2D eigenvalue weighted by Gasteiger charge is -2.24. The number of ether oxygens (including phenoxy) is 1. The molecule has 4 aromatic rings. The molecule has 1 atom stereocenters. The minimum Gasteiger partial charge on any atom is -0.406 e. The van der Waals surface area contributed by atoms with Gasteiger partial charge in [-0.15, -0.1) is 13.2 Å². The van der Waals surface area contributed by atoms with Crippen molar-refractivity contribution >= 4 is 11.6 Å². The molecule has 0 radical (unpaired) electrons. The van der Waals surface area contributed by atoms with Crippen molar-refractivity contribution in [3.8, 4) is 5.75 Å². The van der Waals surface area contributed by atoms with Gasteiger partial charge in [0, 0.05) is 5.02 Å². The molecule has 0 aliphatic heterocycles. The van der Waals surface area contributed by atoms with Crippen molar-refractivity contribution in [2.45, 2.75) is 196 Å². The molecular formula is C59H93ClF4N4O. The summed E-state index contributed by atoms with van der Waals surface area (Å²) in [6.07, 6.45) is 6.59. The highest BCUT2D eigenvalue weighted by Crippen LogP contribution is 2.34. The minimum absolute atomic E-state index is 0.0751. The van der Waals surface area contributed by atoms with E-state index in [0.29, 0.717) is 25.4 Å². The molecule has 69 heavy (non-hydrogen) atoms. The highest BCUT2D eigenvalue weighted by molar-refractivity contribution is 6.30. The molecule has 10 heteroatoms. The van der Waals surface area contributed by atoms with Crippen LogP contribution in [0.2, 0.25) is 5.02 Å². The second-order valence-electron chi connectivity index (χ2n) is 22.7. The SMILES string of the molecule is CC(C)(C)c1ccc(Cl)cc1CCCCN.CC(C)(C)c1ccc(F)cc1CCCCN.CC(CN)CCc1cc(OC(F)(F)F)ccc1C(C)(C)C.Cc1ccc(C(C)(C)C)c(CCCCN)c1. The fraction of sp³-hybridized carbons (Fsp3) is 0.593. The van der Waals surface area contributed by atoms with Gasteiger partial charge in [0.1, 0.15) is 11.6 Å². The molecular weight excluding hydrogens is 892 g/mol. The van der Waals surface area contributed by atoms with Crippen molar-refractivity contribution in [1.29, 1.82) is 0 Å². The molecule has 5 nitrogen and oxygen atoms in total. The monoisotopic (exact) mass is 985 g/mol. The van der Waals surface area contributed by atoms with E-state index in [4.69, 9.17) is 34.5 Å². The largest absolute Gasteiger partial charge is 0.573 e. The maximum Gasteiger partial charge on any atom is 0.573 e. The van der Waals surface area contributed by atoms with Gasteiger partial charge in [0.25, 0.3) is 0 Å². The molecule has 0 amide bonds. The van der Waals surface area contributed by atoms with E-state index < -0.39 is 6.36 Å². The number of nitrogens with two attached hydrogens (primary N) is 4. The summed E-state index contributed by atoms with van der Waals surface area (Å²) in [5.41, 5.74) is 33.9. The summed E-state index contributed by atoms with van der Waals surface area (Å²) in [6.45, 7) is 33.2. The van der Waals surface area contributed by atoms with Crippen molar-refractivity contribution in [2.24, 2.45) is 28.9 Å². The number of alkyl halides is 3. The summed E-state index contributed by atoms with van der Waals surface area (Å²) < 4.78 is 54.3. The number of hydrogen-bond acceptors (Lipinski definition) is 5. The molecule has 0 aromatic heterocycles. The minimum atomic E-state index is -4.66. The van der Waals surface area contributed by atoms with Gasteiger partial charge in [-0.05, 0) is 212 Å². The van der Waals surface area contributed by atoms with Gasteiger partial charge in [0.15, 0.2) is 0 Å². The molecule has 390 valence electrons. The number of aryl methyl sites for hydroxylation is 5. The van der Waals surface area contributed by atoms with Gasteiger partial charge < -0.3 is 27.7 Å². The Balaban J connectivity index is 0.000000463. The van der Waals surface area contributed by atoms with Crippen molar-refractivity contribution in [1.82, 2.24) is 0 Å². The Labute approximate surface area is 422 Å². The highest BCUT2D eigenvalue weighted by Gasteiger charge is 2.32. The van der Waals surface area contributed by atoms with Crippen molar-refractivity contribution in [3.63, 3.8) is 0 Å². The van der Waals surface area contributed by atoms with Gasteiger partial charge in [-0.3, -0.25) is 0 Å². The summed E-state index contributed by atoms with van der Waals surface area (Å²) in [5, 5.41) is 0.829. The predicted octanol–water partition coefficient (Wildman–Crippen LogP) is 15.3. The summed E-state index contributed by atoms with van der Waals surface area (Å²) in [7, 11) is 0. The lowest BCUT2D eigenvalue weighted by atomic mass is 9.82. The van der Waals surface area contributed by atoms with Crippen LogP contribution in [0.5, 0.6) is 5.75 Å². The zero-order chi connectivity index (χ0) is 52.8. The third-order valence-corrected chi connectivity index (χ3v) is 12.2. The summed E-state index contributed by atoms with van der Waals surface area (Å²) >= 11 is 6.06. The summed E-state index contributed by atoms with van der Waals surface area (Å²) in [4.78, 5) is 0. The zero-order valence-corrected chi connectivity index (χ0v) is 46.0. The summed E-state index contributed by atoms with van der Waals surface area (Å²) in [5.74, 6) is 0.0339. The van der Waals surface area contributed by atoms with Crippen LogP contribution in [-0.4, -0.2) is 32.5 Å². The molecule has 1 unspecified atom stereocenters. The van der Waals surface area contributed by atoms with Crippen LogP contribution in [0.15, 0.2) is 72.8 Å². The molecule has 0 bridgehead atoms. The quantitative estimate of drug-likeness (QED) is 0.0622. The number of rotatable bonds is 17. The van der Waals surface area contributed by atoms with Crippen LogP contribution in [-0.2, 0) is 47.3 Å². The lowest BCUT2D eigenvalue weighted by molar-refractivity contribution is -0.274. The third-order valence-electron chi connectivity index (χ3n) is 11.9. The topological polar surface area (TPSA) is 113 Å². The van der Waals surface area contributed by atoms with E-state index in [1.807, 2.05) is 39.8 Å². The molecule has 0 saturated heterocycles. The van der Waals surface area contributed by atoms with E-state index in [2.05, 4.69) is 104 Å². The van der Waals surface area contributed by atoms with Gasteiger partial charge in [0.2, 0.25) is 0 Å². The van der Waals surface area contributed by atoms with Crippen LogP contribution < -0.4 is 27.7 Å². The van der Waals surface area contributed by atoms with Crippen molar-refractivity contribution in [3.05, 3.63) is 134 Å². The van der Waals surface area contributed by atoms with Crippen LogP contribution in [0, 0.1) is 18.7 Å². The molecule has 4 aromatic carbocycles. The molecule has 0 saturated carbocycles. The standard InChI is InChI=1S/C16H24F3NO.C15H25N.C14H22ClN.C14H22FN/c1-11(10-20)5-6-12-9-13(21-16(17,18)19)7-8-14(12)15(2,3)4;1-12-8-9-14(15(2,3)4)13(11-12)7-5-6-10-16;2*1-14(2,3)13-8-7-12(15)10-11(13)6-4-5-9-16/h7-9,11H,5-6,10,20H2,1-4H3;8-9,11H,5-7,10,16H2,1-4H3;2*7-8,10H,4-6,9,16H2,1-3H3. The average molecular weight is 986 g/mol. The van der Waals surface area contributed by atoms with Crippen LogP contribution in [0.4, 0.5) is 17.6 Å². The number of unbranched alkanes of at least 4 members (excludes halogenated alkanes) is 3. The van der Waals surface area contributed by atoms with Gasteiger partial charge >= 0.3 is 6.36 Å². The second-order valence-corrected chi connectivity index (χ2v) is 23.2. The van der Waals surface area contributed by atoms with Crippen LogP contribution in [0.25, 0.3) is 0 Å². The molecule has 0 aliphatic rings. The Hall–Kier alpha value is -3.47. The second kappa shape index (κ2) is 29.8. The van der Waals surface area contributed by atoms with Gasteiger partial charge in [-0.25, -0.2) is 4.39 Å². The third kappa shape index (κ3) is 25.5. The van der Waals surface area contributed by atoms with Crippen molar-refractivity contribution in [2.75, 3.05) is 26.2 Å². The molecule has 0 fully saturated rings. The Morgan fingerprint density at radius 3 is 1.28 bits per heavy atom. The van der Waals surface area contributed by atoms with E-state index in [1.54, 1.807) is 18.2 Å². The van der Waals surface area contributed by atoms with E-state index in [-0.39, 0.29) is 33.2 Å². The van der Waals surface area contributed by atoms with Crippen molar-refractivity contribution < 1.29 is 22.3 Å². The first kappa shape index (κ1) is 63.5. The average Bonchev–Trinajstić information content (AvgIpc) is 3.21. The fourth-order valence-electron chi connectivity index (χ4n) is 8.27. The lowest BCUT2D eigenvalue weighted by Crippen LogP contribution is -2.19. The van der Waals surface area contributed by atoms with Crippen LogP contribution >= 0.6 is 11.6 Å². The normalized spacial score (nSPS) is 12.5. The highest BCUT2D eigenvalue weighted by atomic mass is 35.5. The first-order valence-corrected chi connectivity index (χ1v) is 25.6. The predicted molar refractivity (Wildman–Crippen MR) is 289 cm³/mol. The smallest absolute Gasteiger partial charge is 0.406 e. The Bertz CT molecular complexity index is 1910. The Kier molecular flexibility index (Phi) is 27.4. The van der Waals surface area contributed by atoms with E-state index >= 15 is 0 Å². The molecule has 0 spiro atoms. The van der Waals surface area contributed by atoms with Gasteiger partial charge in [-0.1, -0.05) is 144 Å².